The maximum atomic E-state index is 11.1. The zero-order chi connectivity index (χ0) is 19.3. The van der Waals surface area contributed by atoms with Crippen LogP contribution in [-0.4, -0.2) is 34.1 Å². The van der Waals surface area contributed by atoms with Gasteiger partial charge in [-0.25, -0.2) is 0 Å². The molecule has 1 amide bonds. The van der Waals surface area contributed by atoms with E-state index in [2.05, 4.69) is 62.9 Å². The number of aromatic amines is 1. The largest absolute Gasteiger partial charge is 0.352 e. The Morgan fingerprint density at radius 3 is 3.00 bits per heavy atom. The van der Waals surface area contributed by atoms with Crippen molar-refractivity contribution in [2.45, 2.75) is 39.3 Å². The van der Waals surface area contributed by atoms with Crippen molar-refractivity contribution in [2.24, 2.45) is 5.92 Å². The van der Waals surface area contributed by atoms with Crippen molar-refractivity contribution in [1.29, 1.82) is 0 Å². The maximum absolute atomic E-state index is 11.1. The minimum absolute atomic E-state index is 0.0119. The summed E-state index contributed by atoms with van der Waals surface area (Å²) in [5, 5.41) is 11.2. The van der Waals surface area contributed by atoms with E-state index in [9.17, 15) is 4.79 Å². The SMILES string of the molecule is CC(=O)NCc1cccc(CN2CCC[C@H](Cc3ccc4[nH]ncc4c3)C2)c1. The number of carbonyl (C=O) groups excluding carboxylic acids is 1. The van der Waals surface area contributed by atoms with Crippen LogP contribution in [0.15, 0.2) is 48.7 Å². The first kappa shape index (κ1) is 18.7. The number of aromatic nitrogens is 2. The predicted octanol–water partition coefficient (Wildman–Crippen LogP) is 3.65. The van der Waals surface area contributed by atoms with Crippen LogP contribution in [0.5, 0.6) is 0 Å². The van der Waals surface area contributed by atoms with Crippen molar-refractivity contribution in [3.63, 3.8) is 0 Å². The van der Waals surface area contributed by atoms with E-state index in [1.807, 2.05) is 6.20 Å². The highest BCUT2D eigenvalue weighted by molar-refractivity contribution is 5.78. The molecular weight excluding hydrogens is 348 g/mol. The molecular formula is C23H28N4O. The number of likely N-dealkylation sites (tertiary alicyclic amines) is 1. The lowest BCUT2D eigenvalue weighted by Gasteiger charge is -2.33. The fraction of sp³-hybridized carbons (Fsp3) is 0.391. The van der Waals surface area contributed by atoms with Gasteiger partial charge < -0.3 is 5.32 Å². The van der Waals surface area contributed by atoms with E-state index in [1.165, 1.54) is 29.4 Å². The average molecular weight is 377 g/mol. The Morgan fingerprint density at radius 2 is 2.11 bits per heavy atom. The summed E-state index contributed by atoms with van der Waals surface area (Å²) < 4.78 is 0. The zero-order valence-electron chi connectivity index (χ0n) is 16.4. The number of nitrogens with zero attached hydrogens (tertiary/aromatic N) is 2. The Bertz CT molecular complexity index is 948. The molecule has 3 aromatic rings. The fourth-order valence-corrected chi connectivity index (χ4v) is 4.24. The number of fused-ring (bicyclic) bond motifs is 1. The van der Waals surface area contributed by atoms with Gasteiger partial charge in [-0.2, -0.15) is 5.10 Å². The zero-order valence-corrected chi connectivity index (χ0v) is 16.4. The van der Waals surface area contributed by atoms with Crippen LogP contribution in [0.2, 0.25) is 0 Å². The van der Waals surface area contributed by atoms with Gasteiger partial charge in [0.2, 0.25) is 5.91 Å². The van der Waals surface area contributed by atoms with Crippen molar-refractivity contribution >= 4 is 16.8 Å². The molecule has 4 rings (SSSR count). The molecule has 0 bridgehead atoms. The lowest BCUT2D eigenvalue weighted by Crippen LogP contribution is -2.35. The van der Waals surface area contributed by atoms with Crippen LogP contribution in [0.3, 0.4) is 0 Å². The van der Waals surface area contributed by atoms with Crippen LogP contribution < -0.4 is 5.32 Å². The molecule has 5 heteroatoms. The summed E-state index contributed by atoms with van der Waals surface area (Å²) in [5.41, 5.74) is 4.99. The van der Waals surface area contributed by atoms with Crippen LogP contribution in [0, 0.1) is 5.92 Å². The van der Waals surface area contributed by atoms with E-state index >= 15 is 0 Å². The number of hydrogen-bond acceptors (Lipinski definition) is 3. The molecule has 2 aromatic carbocycles. The molecule has 0 radical (unpaired) electrons. The number of amides is 1. The van der Waals surface area contributed by atoms with E-state index in [0.29, 0.717) is 12.5 Å². The molecule has 1 saturated heterocycles. The molecule has 5 nitrogen and oxygen atoms in total. The Kier molecular flexibility index (Phi) is 5.72. The third-order valence-electron chi connectivity index (χ3n) is 5.57. The van der Waals surface area contributed by atoms with E-state index in [0.717, 1.165) is 37.1 Å². The van der Waals surface area contributed by atoms with Gasteiger partial charge in [0, 0.05) is 31.9 Å². The third-order valence-corrected chi connectivity index (χ3v) is 5.57. The molecule has 1 atom stereocenters. The first-order valence-electron chi connectivity index (χ1n) is 10.1. The van der Waals surface area contributed by atoms with Gasteiger partial charge in [0.1, 0.15) is 0 Å². The molecule has 0 unspecified atom stereocenters. The second kappa shape index (κ2) is 8.57. The van der Waals surface area contributed by atoms with Crippen LogP contribution in [0.4, 0.5) is 0 Å². The van der Waals surface area contributed by atoms with Crippen molar-refractivity contribution in [3.8, 4) is 0 Å². The number of benzene rings is 2. The van der Waals surface area contributed by atoms with Gasteiger partial charge in [-0.05, 0) is 60.5 Å². The summed E-state index contributed by atoms with van der Waals surface area (Å²) in [6.07, 6.45) is 5.58. The molecule has 146 valence electrons. The summed E-state index contributed by atoms with van der Waals surface area (Å²) in [5.74, 6) is 0.707. The Morgan fingerprint density at radius 1 is 1.21 bits per heavy atom. The standard InChI is InChI=1S/C23H28N4O/c1-17(28)24-13-19-4-2-5-20(11-19)15-27-9-3-6-21(16-27)10-18-7-8-23-22(12-18)14-25-26-23/h2,4-5,7-8,11-12,14,21H,3,6,9-10,13,15-16H2,1H3,(H,24,28)(H,25,26)/t21-/m1/s1. The minimum atomic E-state index is 0.0119. The normalized spacial score (nSPS) is 17.7. The lowest BCUT2D eigenvalue weighted by molar-refractivity contribution is -0.119. The molecule has 1 fully saturated rings. The van der Waals surface area contributed by atoms with Crippen molar-refractivity contribution in [1.82, 2.24) is 20.4 Å². The Hall–Kier alpha value is -2.66. The molecule has 28 heavy (non-hydrogen) atoms. The van der Waals surface area contributed by atoms with Crippen LogP contribution in [0.1, 0.15) is 36.5 Å². The second-order valence-electron chi connectivity index (χ2n) is 7.97. The lowest BCUT2D eigenvalue weighted by atomic mass is 9.90. The molecule has 1 aromatic heterocycles. The third kappa shape index (κ3) is 4.78. The quantitative estimate of drug-likeness (QED) is 0.690. The van der Waals surface area contributed by atoms with Crippen molar-refractivity contribution in [3.05, 3.63) is 65.4 Å². The number of piperidine rings is 1. The summed E-state index contributed by atoms with van der Waals surface area (Å²) in [6, 6.07) is 15.2. The number of H-pyrrole nitrogens is 1. The van der Waals surface area contributed by atoms with E-state index in [-0.39, 0.29) is 5.91 Å². The Balaban J connectivity index is 1.35. The molecule has 0 aliphatic carbocycles. The highest BCUT2D eigenvalue weighted by Crippen LogP contribution is 2.24. The van der Waals surface area contributed by atoms with Crippen molar-refractivity contribution < 1.29 is 4.79 Å². The van der Waals surface area contributed by atoms with Gasteiger partial charge >= 0.3 is 0 Å². The van der Waals surface area contributed by atoms with Crippen LogP contribution >= 0.6 is 0 Å². The summed E-state index contributed by atoms with van der Waals surface area (Å²) in [7, 11) is 0. The topological polar surface area (TPSA) is 61.0 Å². The van der Waals surface area contributed by atoms with Gasteiger partial charge in [-0.1, -0.05) is 30.3 Å². The maximum Gasteiger partial charge on any atom is 0.217 e. The number of carbonyl (C=O) groups is 1. The first-order valence-corrected chi connectivity index (χ1v) is 10.1. The Labute approximate surface area is 166 Å². The molecule has 0 spiro atoms. The van der Waals surface area contributed by atoms with Crippen molar-refractivity contribution in [2.75, 3.05) is 13.1 Å². The van der Waals surface area contributed by atoms with Gasteiger partial charge in [0.05, 0.1) is 11.7 Å². The van der Waals surface area contributed by atoms with Gasteiger partial charge in [-0.15, -0.1) is 0 Å². The smallest absolute Gasteiger partial charge is 0.217 e. The number of rotatable bonds is 6. The first-order chi connectivity index (χ1) is 13.7. The molecule has 2 heterocycles. The van der Waals surface area contributed by atoms with E-state index in [1.54, 1.807) is 6.92 Å². The number of hydrogen-bond donors (Lipinski definition) is 2. The highest BCUT2D eigenvalue weighted by Gasteiger charge is 2.20. The number of nitrogens with one attached hydrogen (secondary N) is 2. The molecule has 1 aliphatic rings. The summed E-state index contributed by atoms with van der Waals surface area (Å²) in [4.78, 5) is 13.7. The summed E-state index contributed by atoms with van der Waals surface area (Å²) in [6.45, 7) is 5.43. The highest BCUT2D eigenvalue weighted by atomic mass is 16.1. The van der Waals surface area contributed by atoms with E-state index < -0.39 is 0 Å². The molecule has 0 saturated carbocycles. The van der Waals surface area contributed by atoms with E-state index in [4.69, 9.17) is 0 Å². The van der Waals surface area contributed by atoms with Crippen LogP contribution in [0.25, 0.3) is 10.9 Å². The molecule has 1 aliphatic heterocycles. The van der Waals surface area contributed by atoms with Gasteiger partial charge in [-0.3, -0.25) is 14.8 Å². The monoisotopic (exact) mass is 376 g/mol. The predicted molar refractivity (Wildman–Crippen MR) is 112 cm³/mol. The van der Waals surface area contributed by atoms with Gasteiger partial charge in [0.25, 0.3) is 0 Å². The summed E-state index contributed by atoms with van der Waals surface area (Å²) >= 11 is 0. The fourth-order valence-electron chi connectivity index (χ4n) is 4.24. The van der Waals surface area contributed by atoms with Gasteiger partial charge in [0.15, 0.2) is 0 Å². The average Bonchev–Trinajstić information content (AvgIpc) is 3.15. The second-order valence-corrected chi connectivity index (χ2v) is 7.97. The van der Waals surface area contributed by atoms with Crippen LogP contribution in [-0.2, 0) is 24.3 Å². The molecule has 2 N–H and O–H groups in total. The minimum Gasteiger partial charge on any atom is -0.352 e.